The molecule has 0 fully saturated rings. The second kappa shape index (κ2) is 8.49. The van der Waals surface area contributed by atoms with Gasteiger partial charge >= 0.3 is 5.97 Å². The normalized spacial score (nSPS) is 12.6. The van der Waals surface area contributed by atoms with Crippen molar-refractivity contribution >= 4 is 45.8 Å². The number of carbonyl (C=O) groups excluding carboxylic acids is 4. The molecule has 31 heavy (non-hydrogen) atoms. The number of rotatable bonds is 6. The van der Waals surface area contributed by atoms with Crippen LogP contribution in [0.5, 0.6) is 0 Å². The molecule has 2 aromatic carbocycles. The van der Waals surface area contributed by atoms with Crippen LogP contribution in [0, 0.1) is 0 Å². The van der Waals surface area contributed by atoms with Crippen molar-refractivity contribution in [2.24, 2.45) is 0 Å². The first-order chi connectivity index (χ1) is 15.0. The molecule has 0 saturated heterocycles. The fourth-order valence-electron chi connectivity index (χ4n) is 3.24. The monoisotopic (exact) mass is 435 g/mol. The second-order valence-electron chi connectivity index (χ2n) is 6.59. The van der Waals surface area contributed by atoms with Crippen molar-refractivity contribution in [1.82, 2.24) is 4.98 Å². The molecular weight excluding hydrogens is 418 g/mol. The lowest BCUT2D eigenvalue weighted by Gasteiger charge is -2.17. The summed E-state index contributed by atoms with van der Waals surface area (Å²) in [6.07, 6.45) is 0.00579. The van der Waals surface area contributed by atoms with E-state index in [9.17, 15) is 19.2 Å². The molecule has 1 aliphatic heterocycles. The van der Waals surface area contributed by atoms with Crippen LogP contribution in [0.25, 0.3) is 0 Å². The fraction of sp³-hybridized carbons (Fsp3) is 0.136. The number of anilines is 2. The largest absolute Gasteiger partial charge is 0.466 e. The number of amides is 3. The van der Waals surface area contributed by atoms with Crippen LogP contribution in [0.15, 0.2) is 53.9 Å². The molecule has 0 aliphatic carbocycles. The molecule has 0 saturated carbocycles. The molecule has 3 aromatic rings. The lowest BCUT2D eigenvalue weighted by Crippen LogP contribution is -2.31. The molecular formula is C22H17N3O5S. The highest BCUT2D eigenvalue weighted by Crippen LogP contribution is 2.31. The van der Waals surface area contributed by atoms with Crippen LogP contribution in [-0.2, 0) is 16.0 Å². The van der Waals surface area contributed by atoms with E-state index in [4.69, 9.17) is 4.74 Å². The van der Waals surface area contributed by atoms with Gasteiger partial charge in [-0.3, -0.25) is 24.5 Å². The first-order valence-corrected chi connectivity index (χ1v) is 10.4. The summed E-state index contributed by atoms with van der Waals surface area (Å²) in [6.45, 7) is 2.00. The zero-order valence-corrected chi connectivity index (χ0v) is 17.3. The highest BCUT2D eigenvalue weighted by atomic mass is 32.1. The van der Waals surface area contributed by atoms with E-state index in [2.05, 4.69) is 10.3 Å². The molecule has 1 aliphatic rings. The fourth-order valence-corrected chi connectivity index (χ4v) is 3.94. The molecule has 4 rings (SSSR count). The van der Waals surface area contributed by atoms with Gasteiger partial charge in [0.25, 0.3) is 17.7 Å². The Labute approximate surface area is 181 Å². The summed E-state index contributed by atoms with van der Waals surface area (Å²) in [6, 6.07) is 12.9. The number of carbonyl (C=O) groups is 4. The van der Waals surface area contributed by atoms with Crippen LogP contribution in [0.1, 0.15) is 43.7 Å². The lowest BCUT2D eigenvalue weighted by atomic mass is 10.1. The number of esters is 1. The lowest BCUT2D eigenvalue weighted by molar-refractivity contribution is -0.142. The molecule has 0 radical (unpaired) electrons. The van der Waals surface area contributed by atoms with E-state index in [1.165, 1.54) is 6.07 Å². The van der Waals surface area contributed by atoms with Gasteiger partial charge in [-0.2, -0.15) is 0 Å². The molecule has 0 atom stereocenters. The van der Waals surface area contributed by atoms with Gasteiger partial charge in [-0.1, -0.05) is 24.3 Å². The predicted molar refractivity (Wildman–Crippen MR) is 114 cm³/mol. The Balaban J connectivity index is 1.57. The van der Waals surface area contributed by atoms with Crippen molar-refractivity contribution in [2.75, 3.05) is 16.8 Å². The second-order valence-corrected chi connectivity index (χ2v) is 7.45. The first-order valence-electron chi connectivity index (χ1n) is 9.47. The molecule has 0 bridgehead atoms. The summed E-state index contributed by atoms with van der Waals surface area (Å²) in [5, 5.41) is 4.61. The maximum atomic E-state index is 12.9. The molecule has 156 valence electrons. The number of fused-ring (bicyclic) bond motifs is 1. The smallest absolute Gasteiger partial charge is 0.311 e. The maximum absolute atomic E-state index is 12.9. The van der Waals surface area contributed by atoms with Crippen molar-refractivity contribution in [3.05, 3.63) is 76.3 Å². The third-order valence-corrected chi connectivity index (χ3v) is 5.39. The molecule has 9 heteroatoms. The van der Waals surface area contributed by atoms with Crippen molar-refractivity contribution in [2.45, 2.75) is 13.3 Å². The zero-order valence-electron chi connectivity index (χ0n) is 16.5. The Morgan fingerprint density at radius 3 is 2.35 bits per heavy atom. The molecule has 0 unspecified atom stereocenters. The van der Waals surface area contributed by atoms with Gasteiger partial charge in [0, 0.05) is 5.38 Å². The van der Waals surface area contributed by atoms with Gasteiger partial charge in [-0.25, -0.2) is 9.88 Å². The van der Waals surface area contributed by atoms with Crippen molar-refractivity contribution in [3.8, 4) is 0 Å². The minimum atomic E-state index is -0.524. The molecule has 1 N–H and O–H groups in total. The summed E-state index contributed by atoms with van der Waals surface area (Å²) in [5.74, 6) is -1.88. The number of hydrogen-bond donors (Lipinski definition) is 1. The van der Waals surface area contributed by atoms with Gasteiger partial charge in [-0.15, -0.1) is 11.3 Å². The van der Waals surface area contributed by atoms with E-state index in [0.29, 0.717) is 22.0 Å². The Morgan fingerprint density at radius 2 is 1.68 bits per heavy atom. The number of benzene rings is 2. The van der Waals surface area contributed by atoms with Gasteiger partial charge in [-0.05, 0) is 31.2 Å². The van der Waals surface area contributed by atoms with Gasteiger partial charge in [0.05, 0.1) is 41.1 Å². The first kappa shape index (κ1) is 20.4. The summed E-state index contributed by atoms with van der Waals surface area (Å²) in [4.78, 5) is 55.4. The van der Waals surface area contributed by atoms with Gasteiger partial charge in [0.15, 0.2) is 5.13 Å². The van der Waals surface area contributed by atoms with Crippen LogP contribution >= 0.6 is 11.3 Å². The number of imide groups is 1. The summed E-state index contributed by atoms with van der Waals surface area (Å²) < 4.78 is 4.89. The molecule has 2 heterocycles. The Morgan fingerprint density at radius 1 is 1.03 bits per heavy atom. The maximum Gasteiger partial charge on any atom is 0.311 e. The van der Waals surface area contributed by atoms with Crippen LogP contribution in [0.2, 0.25) is 0 Å². The number of nitrogens with one attached hydrogen (secondary N) is 1. The summed E-state index contributed by atoms with van der Waals surface area (Å²) >= 11 is 1.16. The average molecular weight is 435 g/mol. The van der Waals surface area contributed by atoms with E-state index in [-0.39, 0.29) is 24.3 Å². The number of nitrogens with zero attached hydrogens (tertiary/aromatic N) is 2. The Kier molecular flexibility index (Phi) is 5.59. The van der Waals surface area contributed by atoms with E-state index in [0.717, 1.165) is 16.2 Å². The van der Waals surface area contributed by atoms with Crippen molar-refractivity contribution in [3.63, 3.8) is 0 Å². The molecule has 3 amide bonds. The number of hydrogen-bond acceptors (Lipinski definition) is 7. The topological polar surface area (TPSA) is 106 Å². The minimum absolute atomic E-state index is 0.00579. The van der Waals surface area contributed by atoms with Crippen LogP contribution in [0.3, 0.4) is 0 Å². The quantitative estimate of drug-likeness (QED) is 0.470. The van der Waals surface area contributed by atoms with E-state index in [1.54, 1.807) is 54.8 Å². The standard InChI is InChI=1S/C22H17N3O5S/c1-2-30-18(26)11-13-12-31-22(23-13)24-19(27)16-9-5-6-10-17(16)25-20(28)14-7-3-4-8-15(14)21(25)29/h3-10,12H,2,11H2,1H3,(H,23,24,27). The zero-order chi connectivity index (χ0) is 22.0. The van der Waals surface area contributed by atoms with Gasteiger partial charge < -0.3 is 4.74 Å². The van der Waals surface area contributed by atoms with Gasteiger partial charge in [0.1, 0.15) is 0 Å². The minimum Gasteiger partial charge on any atom is -0.466 e. The van der Waals surface area contributed by atoms with Crippen molar-refractivity contribution in [1.29, 1.82) is 0 Å². The number of aromatic nitrogens is 1. The summed E-state index contributed by atoms with van der Waals surface area (Å²) in [7, 11) is 0. The van der Waals surface area contributed by atoms with E-state index >= 15 is 0 Å². The Hall–Kier alpha value is -3.85. The third kappa shape index (κ3) is 3.95. The van der Waals surface area contributed by atoms with E-state index < -0.39 is 23.7 Å². The summed E-state index contributed by atoms with van der Waals surface area (Å²) in [5.41, 5.74) is 1.42. The molecule has 0 spiro atoms. The molecule has 8 nitrogen and oxygen atoms in total. The van der Waals surface area contributed by atoms with E-state index in [1.807, 2.05) is 0 Å². The highest BCUT2D eigenvalue weighted by molar-refractivity contribution is 7.14. The van der Waals surface area contributed by atoms with Crippen molar-refractivity contribution < 1.29 is 23.9 Å². The number of ether oxygens (including phenoxy) is 1. The SMILES string of the molecule is CCOC(=O)Cc1csc(NC(=O)c2ccccc2N2C(=O)c3ccccc3C2=O)n1. The van der Waals surface area contributed by atoms with Crippen LogP contribution < -0.4 is 10.2 Å². The molecule has 1 aromatic heterocycles. The van der Waals surface area contributed by atoms with Crippen LogP contribution in [-0.4, -0.2) is 35.3 Å². The highest BCUT2D eigenvalue weighted by Gasteiger charge is 2.38. The average Bonchev–Trinajstić information content (AvgIpc) is 3.30. The third-order valence-electron chi connectivity index (χ3n) is 4.59. The van der Waals surface area contributed by atoms with Gasteiger partial charge in [0.2, 0.25) is 0 Å². The van der Waals surface area contributed by atoms with Crippen LogP contribution in [0.4, 0.5) is 10.8 Å². The number of para-hydroxylation sites is 1. The number of thiazole rings is 1. The predicted octanol–water partition coefficient (Wildman–Crippen LogP) is 3.30. The Bertz CT molecular complexity index is 1170.